The van der Waals surface area contributed by atoms with Crippen LogP contribution in [-0.2, 0) is 24.7 Å². The van der Waals surface area contributed by atoms with E-state index in [0.29, 0.717) is 12.8 Å². The highest BCUT2D eigenvalue weighted by molar-refractivity contribution is 8.06. The average molecular weight is 313 g/mol. The van der Waals surface area contributed by atoms with E-state index in [4.69, 9.17) is 5.11 Å². The van der Waals surface area contributed by atoms with Crippen molar-refractivity contribution in [1.29, 1.82) is 0 Å². The van der Waals surface area contributed by atoms with E-state index in [1.54, 1.807) is 0 Å². The number of rotatable bonds is 6. The van der Waals surface area contributed by atoms with Crippen molar-refractivity contribution in [3.05, 3.63) is 0 Å². The van der Waals surface area contributed by atoms with Crippen molar-refractivity contribution in [2.24, 2.45) is 0 Å². The second-order valence-electron chi connectivity index (χ2n) is 4.85. The first kappa shape index (κ1) is 16.4. The molecule has 0 amide bonds. The summed E-state index contributed by atoms with van der Waals surface area (Å²) < 4.78 is 47.6. The summed E-state index contributed by atoms with van der Waals surface area (Å²) in [7, 11) is -7.52. The number of sulfonamides is 1. The molecule has 19 heavy (non-hydrogen) atoms. The molecule has 1 N–H and O–H groups in total. The van der Waals surface area contributed by atoms with Crippen molar-refractivity contribution >= 4 is 25.8 Å². The Balaban J connectivity index is 2.84. The molecule has 9 heteroatoms. The molecule has 1 saturated heterocycles. The summed E-state index contributed by atoms with van der Waals surface area (Å²) >= 11 is 0. The Morgan fingerprint density at radius 3 is 2.42 bits per heavy atom. The lowest BCUT2D eigenvalue weighted by molar-refractivity contribution is -0.137. The number of carboxylic acids is 1. The van der Waals surface area contributed by atoms with Gasteiger partial charge in [0, 0.05) is 25.3 Å². The molecule has 1 aliphatic rings. The molecule has 1 fully saturated rings. The summed E-state index contributed by atoms with van der Waals surface area (Å²) in [4.78, 5) is 10.6. The van der Waals surface area contributed by atoms with Crippen LogP contribution >= 0.6 is 0 Å². The van der Waals surface area contributed by atoms with Crippen LogP contribution < -0.4 is 0 Å². The molecule has 0 aromatic heterocycles. The van der Waals surface area contributed by atoms with Gasteiger partial charge in [-0.1, -0.05) is 6.42 Å². The highest BCUT2D eigenvalue weighted by atomic mass is 32.3. The fraction of sp³-hybridized carbons (Fsp3) is 0.900. The summed E-state index contributed by atoms with van der Waals surface area (Å²) in [5, 5.41) is 7.74. The maximum Gasteiger partial charge on any atom is 0.303 e. The molecule has 0 aromatic carbocycles. The van der Waals surface area contributed by atoms with Gasteiger partial charge in [-0.25, -0.2) is 16.8 Å². The van der Waals surface area contributed by atoms with Crippen LogP contribution in [0.1, 0.15) is 32.1 Å². The first-order chi connectivity index (χ1) is 8.62. The second kappa shape index (κ2) is 6.19. The maximum atomic E-state index is 12.1. The molecule has 1 aliphatic heterocycles. The Labute approximate surface area is 113 Å². The van der Waals surface area contributed by atoms with Crippen molar-refractivity contribution in [3.8, 4) is 0 Å². The zero-order valence-electron chi connectivity index (χ0n) is 10.8. The van der Waals surface area contributed by atoms with Gasteiger partial charge in [0.05, 0.1) is 0 Å². The fourth-order valence-electron chi connectivity index (χ4n) is 2.26. The smallest absolute Gasteiger partial charge is 0.303 e. The van der Waals surface area contributed by atoms with Gasteiger partial charge < -0.3 is 5.11 Å². The highest BCUT2D eigenvalue weighted by Crippen LogP contribution is 2.24. The minimum Gasteiger partial charge on any atom is -0.481 e. The Bertz CT molecular complexity index is 524. The molecule has 0 radical (unpaired) electrons. The molecular formula is C10H19NO6S2. The molecule has 0 saturated carbocycles. The lowest BCUT2D eigenvalue weighted by atomic mass is 10.0. The first-order valence-corrected chi connectivity index (χ1v) is 9.68. The monoisotopic (exact) mass is 313 g/mol. The quantitative estimate of drug-likeness (QED) is 0.741. The number of sulfone groups is 1. The zero-order valence-corrected chi connectivity index (χ0v) is 12.4. The third kappa shape index (κ3) is 5.45. The topological polar surface area (TPSA) is 109 Å². The van der Waals surface area contributed by atoms with Gasteiger partial charge in [-0.05, 0) is 19.3 Å². The third-order valence-corrected chi connectivity index (χ3v) is 7.08. The van der Waals surface area contributed by atoms with Crippen LogP contribution in [0.25, 0.3) is 0 Å². The van der Waals surface area contributed by atoms with Crippen LogP contribution in [0.3, 0.4) is 0 Å². The van der Waals surface area contributed by atoms with Crippen LogP contribution in [0.2, 0.25) is 0 Å². The van der Waals surface area contributed by atoms with Crippen LogP contribution in [-0.4, -0.2) is 56.1 Å². The van der Waals surface area contributed by atoms with Crippen LogP contribution in [0.4, 0.5) is 0 Å². The summed E-state index contributed by atoms with van der Waals surface area (Å²) in [5.74, 6) is -0.981. The molecule has 7 nitrogen and oxygen atoms in total. The van der Waals surface area contributed by atoms with Crippen molar-refractivity contribution in [2.45, 2.75) is 38.1 Å². The highest BCUT2D eigenvalue weighted by Gasteiger charge is 2.34. The Kier molecular flexibility index (Phi) is 5.34. The number of carbonyl (C=O) groups is 1. The number of hydrogen-bond acceptors (Lipinski definition) is 5. The predicted molar refractivity (Wildman–Crippen MR) is 69.8 cm³/mol. The van der Waals surface area contributed by atoms with Crippen molar-refractivity contribution in [2.75, 3.05) is 17.9 Å². The van der Waals surface area contributed by atoms with E-state index in [1.165, 1.54) is 4.31 Å². The Morgan fingerprint density at radius 2 is 1.89 bits per heavy atom. The van der Waals surface area contributed by atoms with Crippen LogP contribution in [0.5, 0.6) is 0 Å². The summed E-state index contributed by atoms with van der Waals surface area (Å²) in [5.41, 5.74) is 0. The summed E-state index contributed by atoms with van der Waals surface area (Å²) in [6, 6.07) is -0.406. The van der Waals surface area contributed by atoms with Gasteiger partial charge in [0.15, 0.2) is 14.9 Å². The Morgan fingerprint density at radius 1 is 1.26 bits per heavy atom. The standard InChI is InChI=1S/C10H19NO6S2/c1-18(14,15)8-19(16,17)11-7-3-2-4-9(11)5-6-10(12)13/h9H,2-8H2,1H3,(H,12,13). The SMILES string of the molecule is CS(=O)(=O)CS(=O)(=O)N1CCCCC1CCC(=O)O. The number of hydrogen-bond donors (Lipinski definition) is 1. The Hall–Kier alpha value is -0.670. The van der Waals surface area contributed by atoms with Crippen molar-refractivity contribution in [3.63, 3.8) is 0 Å². The maximum absolute atomic E-state index is 12.1. The molecule has 0 aromatic rings. The van der Waals surface area contributed by atoms with Gasteiger partial charge in [0.2, 0.25) is 10.0 Å². The molecule has 1 unspecified atom stereocenters. The molecule has 1 atom stereocenters. The molecule has 0 bridgehead atoms. The predicted octanol–water partition coefficient (Wildman–Crippen LogP) is 0.0376. The minimum absolute atomic E-state index is 0.116. The number of carboxylic acid groups (broad SMARTS) is 1. The van der Waals surface area contributed by atoms with Crippen molar-refractivity contribution in [1.82, 2.24) is 4.31 Å². The van der Waals surface area contributed by atoms with E-state index in [9.17, 15) is 21.6 Å². The molecule has 0 spiro atoms. The summed E-state index contributed by atoms with van der Waals surface area (Å²) in [6.45, 7) is 0.266. The van der Waals surface area contributed by atoms with E-state index in [-0.39, 0.29) is 19.4 Å². The molecule has 112 valence electrons. The second-order valence-corrected chi connectivity index (χ2v) is 9.28. The number of nitrogens with zero attached hydrogens (tertiary/aromatic N) is 1. The molecular weight excluding hydrogens is 294 g/mol. The van der Waals surface area contributed by atoms with Gasteiger partial charge in [-0.3, -0.25) is 4.79 Å². The van der Waals surface area contributed by atoms with E-state index in [0.717, 1.165) is 12.7 Å². The molecule has 1 rings (SSSR count). The molecule has 1 heterocycles. The number of aliphatic carboxylic acids is 1. The third-order valence-electron chi connectivity index (χ3n) is 2.98. The lowest BCUT2D eigenvalue weighted by Crippen LogP contribution is -2.45. The summed E-state index contributed by atoms with van der Waals surface area (Å²) in [6.07, 6.45) is 3.06. The number of piperidine rings is 1. The van der Waals surface area contributed by atoms with Crippen molar-refractivity contribution < 1.29 is 26.7 Å². The van der Waals surface area contributed by atoms with Gasteiger partial charge in [0.25, 0.3) is 0 Å². The largest absolute Gasteiger partial charge is 0.481 e. The fourth-order valence-corrected chi connectivity index (χ4v) is 6.04. The van der Waals surface area contributed by atoms with Crippen LogP contribution in [0, 0.1) is 0 Å². The minimum atomic E-state index is -3.89. The zero-order chi connectivity index (χ0) is 14.7. The lowest BCUT2D eigenvalue weighted by Gasteiger charge is -2.34. The van der Waals surface area contributed by atoms with E-state index in [1.807, 2.05) is 0 Å². The molecule has 0 aliphatic carbocycles. The van der Waals surface area contributed by atoms with E-state index in [2.05, 4.69) is 0 Å². The average Bonchev–Trinajstić information content (AvgIpc) is 2.23. The normalized spacial score (nSPS) is 22.3. The van der Waals surface area contributed by atoms with E-state index < -0.39 is 37.0 Å². The van der Waals surface area contributed by atoms with Gasteiger partial charge in [-0.15, -0.1) is 0 Å². The van der Waals surface area contributed by atoms with E-state index >= 15 is 0 Å². The van der Waals surface area contributed by atoms with Crippen LogP contribution in [0.15, 0.2) is 0 Å². The van der Waals surface area contributed by atoms with Gasteiger partial charge in [-0.2, -0.15) is 4.31 Å². The van der Waals surface area contributed by atoms with Gasteiger partial charge >= 0.3 is 5.97 Å². The first-order valence-electron chi connectivity index (χ1n) is 6.01. The van der Waals surface area contributed by atoms with Gasteiger partial charge in [0.1, 0.15) is 0 Å².